The average Bonchev–Trinajstić information content (AvgIpc) is 2.89. The normalized spacial score (nSPS) is 17.2. The van der Waals surface area contributed by atoms with Gasteiger partial charge in [0.2, 0.25) is 11.8 Å². The lowest BCUT2D eigenvalue weighted by molar-refractivity contribution is -0.122. The second-order valence-corrected chi connectivity index (χ2v) is 7.32. The summed E-state index contributed by atoms with van der Waals surface area (Å²) >= 11 is 15.2. The first-order valence-corrected chi connectivity index (χ1v) is 8.80. The largest absolute Gasteiger partial charge is 0.326 e. The number of nitrogens with zero attached hydrogens (tertiary/aromatic N) is 1. The molecule has 1 heterocycles. The maximum absolute atomic E-state index is 12.4. The van der Waals surface area contributed by atoms with Gasteiger partial charge in [-0.3, -0.25) is 9.59 Å². The van der Waals surface area contributed by atoms with Gasteiger partial charge in [0.1, 0.15) is 0 Å². The van der Waals surface area contributed by atoms with Gasteiger partial charge in [0.25, 0.3) is 0 Å². The molecule has 0 spiro atoms. The SMILES string of the molecule is O=C(Nc1cc(Cl)cc(Cl)c1)[C@@H]1CC(=O)N(c2ccc(Br)cc2)C1. The fraction of sp³-hybridized carbons (Fsp3) is 0.176. The molecule has 7 heteroatoms. The fourth-order valence-corrected chi connectivity index (χ4v) is 3.41. The fourth-order valence-electron chi connectivity index (χ4n) is 2.62. The van der Waals surface area contributed by atoms with Crippen molar-refractivity contribution >= 4 is 62.3 Å². The summed E-state index contributed by atoms with van der Waals surface area (Å²) in [6.45, 7) is 0.348. The van der Waals surface area contributed by atoms with Gasteiger partial charge in [-0.2, -0.15) is 0 Å². The molecule has 1 aliphatic heterocycles. The topological polar surface area (TPSA) is 49.4 Å². The number of hydrogen-bond donors (Lipinski definition) is 1. The molecule has 1 aliphatic rings. The number of anilines is 2. The van der Waals surface area contributed by atoms with Gasteiger partial charge < -0.3 is 10.2 Å². The molecule has 2 amide bonds. The van der Waals surface area contributed by atoms with E-state index in [2.05, 4.69) is 21.2 Å². The molecule has 2 aromatic carbocycles. The molecule has 0 radical (unpaired) electrons. The van der Waals surface area contributed by atoms with E-state index in [-0.39, 0.29) is 18.2 Å². The lowest BCUT2D eigenvalue weighted by Crippen LogP contribution is -2.28. The van der Waals surface area contributed by atoms with Crippen molar-refractivity contribution in [2.24, 2.45) is 5.92 Å². The van der Waals surface area contributed by atoms with Crippen molar-refractivity contribution in [3.63, 3.8) is 0 Å². The summed E-state index contributed by atoms with van der Waals surface area (Å²) in [7, 11) is 0. The van der Waals surface area contributed by atoms with E-state index in [1.165, 1.54) is 0 Å². The molecule has 4 nitrogen and oxygen atoms in total. The van der Waals surface area contributed by atoms with Crippen molar-refractivity contribution in [3.05, 3.63) is 57.0 Å². The number of carbonyl (C=O) groups is 2. The molecule has 0 aromatic heterocycles. The van der Waals surface area contributed by atoms with Crippen molar-refractivity contribution in [1.82, 2.24) is 0 Å². The molecular weight excluding hydrogens is 415 g/mol. The third kappa shape index (κ3) is 3.91. The molecule has 24 heavy (non-hydrogen) atoms. The predicted octanol–water partition coefficient (Wildman–Crippen LogP) is 4.75. The average molecular weight is 428 g/mol. The molecule has 1 fully saturated rings. The van der Waals surface area contributed by atoms with E-state index in [9.17, 15) is 9.59 Å². The zero-order valence-electron chi connectivity index (χ0n) is 12.4. The number of nitrogens with one attached hydrogen (secondary N) is 1. The monoisotopic (exact) mass is 426 g/mol. The van der Waals surface area contributed by atoms with Gasteiger partial charge in [0, 0.05) is 38.9 Å². The van der Waals surface area contributed by atoms with Crippen molar-refractivity contribution in [2.75, 3.05) is 16.8 Å². The molecule has 0 saturated carbocycles. The number of carbonyl (C=O) groups excluding carboxylic acids is 2. The molecular formula is C17H13BrCl2N2O2. The van der Waals surface area contributed by atoms with Crippen molar-refractivity contribution in [1.29, 1.82) is 0 Å². The standard InChI is InChI=1S/C17H13BrCl2N2O2/c18-11-1-3-15(4-2-11)22-9-10(5-16(22)23)17(24)21-14-7-12(19)6-13(20)8-14/h1-4,6-8,10H,5,9H2,(H,21,24)/t10-/m1/s1. The van der Waals surface area contributed by atoms with E-state index < -0.39 is 5.92 Å². The quantitative estimate of drug-likeness (QED) is 0.768. The van der Waals surface area contributed by atoms with Crippen LogP contribution in [0.15, 0.2) is 46.9 Å². The van der Waals surface area contributed by atoms with Crippen LogP contribution in [0.5, 0.6) is 0 Å². The van der Waals surface area contributed by atoms with Crippen LogP contribution in [0, 0.1) is 5.92 Å². The van der Waals surface area contributed by atoms with Gasteiger partial charge in [-0.15, -0.1) is 0 Å². The van der Waals surface area contributed by atoms with Crippen LogP contribution in [0.2, 0.25) is 10.0 Å². The van der Waals surface area contributed by atoms with Crippen LogP contribution >= 0.6 is 39.1 Å². The predicted molar refractivity (Wildman–Crippen MR) is 99.7 cm³/mol. The third-order valence-electron chi connectivity index (χ3n) is 3.76. The first-order chi connectivity index (χ1) is 11.4. The lowest BCUT2D eigenvalue weighted by Gasteiger charge is -2.17. The zero-order chi connectivity index (χ0) is 17.3. The smallest absolute Gasteiger partial charge is 0.229 e. The van der Waals surface area contributed by atoms with E-state index >= 15 is 0 Å². The Labute approximate surface area is 157 Å². The first kappa shape index (κ1) is 17.3. The minimum atomic E-state index is -0.418. The Balaban J connectivity index is 1.70. The minimum Gasteiger partial charge on any atom is -0.326 e. The molecule has 1 saturated heterocycles. The summed E-state index contributed by atoms with van der Waals surface area (Å²) < 4.78 is 0.935. The Morgan fingerprint density at radius 3 is 2.38 bits per heavy atom. The highest BCUT2D eigenvalue weighted by atomic mass is 79.9. The van der Waals surface area contributed by atoms with Gasteiger partial charge in [-0.25, -0.2) is 0 Å². The maximum Gasteiger partial charge on any atom is 0.229 e. The minimum absolute atomic E-state index is 0.0680. The van der Waals surface area contributed by atoms with Crippen LogP contribution in [0.25, 0.3) is 0 Å². The van der Waals surface area contributed by atoms with E-state index in [1.54, 1.807) is 23.1 Å². The lowest BCUT2D eigenvalue weighted by atomic mass is 10.1. The van der Waals surface area contributed by atoms with Crippen molar-refractivity contribution < 1.29 is 9.59 Å². The van der Waals surface area contributed by atoms with Crippen LogP contribution in [-0.2, 0) is 9.59 Å². The molecule has 1 N–H and O–H groups in total. The van der Waals surface area contributed by atoms with Crippen molar-refractivity contribution in [2.45, 2.75) is 6.42 Å². The molecule has 124 valence electrons. The number of halogens is 3. The highest BCUT2D eigenvalue weighted by Crippen LogP contribution is 2.28. The number of benzene rings is 2. The zero-order valence-corrected chi connectivity index (χ0v) is 15.5. The molecule has 0 aliphatic carbocycles. The number of hydrogen-bond acceptors (Lipinski definition) is 2. The Hall–Kier alpha value is -1.56. The molecule has 0 unspecified atom stereocenters. The number of amides is 2. The Bertz CT molecular complexity index is 775. The summed E-state index contributed by atoms with van der Waals surface area (Å²) in [5, 5.41) is 3.66. The van der Waals surface area contributed by atoms with Crippen LogP contribution in [-0.4, -0.2) is 18.4 Å². The van der Waals surface area contributed by atoms with Crippen LogP contribution < -0.4 is 10.2 Å². The maximum atomic E-state index is 12.4. The third-order valence-corrected chi connectivity index (χ3v) is 4.73. The van der Waals surface area contributed by atoms with Crippen LogP contribution in [0.4, 0.5) is 11.4 Å². The summed E-state index contributed by atoms with van der Waals surface area (Å²) in [6, 6.07) is 12.3. The highest BCUT2D eigenvalue weighted by Gasteiger charge is 2.35. The van der Waals surface area contributed by atoms with Gasteiger partial charge in [0.15, 0.2) is 0 Å². The summed E-state index contributed by atoms with van der Waals surface area (Å²) in [5.74, 6) is -0.707. The van der Waals surface area contributed by atoms with Gasteiger partial charge in [-0.1, -0.05) is 39.1 Å². The van der Waals surface area contributed by atoms with Gasteiger partial charge in [-0.05, 0) is 42.5 Å². The van der Waals surface area contributed by atoms with Crippen molar-refractivity contribution in [3.8, 4) is 0 Å². The summed E-state index contributed by atoms with van der Waals surface area (Å²) in [5.41, 5.74) is 1.30. The Morgan fingerprint density at radius 1 is 1.12 bits per heavy atom. The summed E-state index contributed by atoms with van der Waals surface area (Å²) in [6.07, 6.45) is 0.177. The van der Waals surface area contributed by atoms with Gasteiger partial charge >= 0.3 is 0 Å². The van der Waals surface area contributed by atoms with E-state index in [4.69, 9.17) is 23.2 Å². The van der Waals surface area contributed by atoms with E-state index in [0.717, 1.165) is 10.2 Å². The van der Waals surface area contributed by atoms with Crippen LogP contribution in [0.1, 0.15) is 6.42 Å². The Morgan fingerprint density at radius 2 is 1.75 bits per heavy atom. The molecule has 0 bridgehead atoms. The molecule has 3 rings (SSSR count). The summed E-state index contributed by atoms with van der Waals surface area (Å²) in [4.78, 5) is 26.3. The second kappa shape index (κ2) is 7.13. The Kier molecular flexibility index (Phi) is 5.13. The van der Waals surface area contributed by atoms with Gasteiger partial charge in [0.05, 0.1) is 5.92 Å². The number of rotatable bonds is 3. The second-order valence-electron chi connectivity index (χ2n) is 5.53. The highest BCUT2D eigenvalue weighted by molar-refractivity contribution is 9.10. The van der Waals surface area contributed by atoms with Crippen LogP contribution in [0.3, 0.4) is 0 Å². The first-order valence-electron chi connectivity index (χ1n) is 7.25. The molecule has 1 atom stereocenters. The van der Waals surface area contributed by atoms with E-state index in [1.807, 2.05) is 24.3 Å². The molecule has 2 aromatic rings. The van der Waals surface area contributed by atoms with E-state index in [0.29, 0.717) is 22.3 Å².